The number of hydrogen-bond donors (Lipinski definition) is 1. The van der Waals surface area contributed by atoms with E-state index in [0.717, 1.165) is 5.01 Å². The summed E-state index contributed by atoms with van der Waals surface area (Å²) in [4.78, 5) is 0. The van der Waals surface area contributed by atoms with Gasteiger partial charge in [-0.2, -0.15) is 5.10 Å². The topological polar surface area (TPSA) is 37.9 Å². The molecular weight excluding hydrogens is 287 g/mol. The van der Waals surface area contributed by atoms with E-state index < -0.39 is 0 Å². The number of aromatic amines is 1. The van der Waals surface area contributed by atoms with E-state index in [-0.39, 0.29) is 0 Å². The smallest absolute Gasteiger partial charge is 0.176 e. The van der Waals surface area contributed by atoms with Gasteiger partial charge in [0.2, 0.25) is 0 Å². The number of halogens is 2. The van der Waals surface area contributed by atoms with E-state index in [1.807, 2.05) is 0 Å². The van der Waals surface area contributed by atoms with E-state index in [9.17, 15) is 0 Å². The lowest BCUT2D eigenvalue weighted by atomic mass is 10.3. The molecule has 0 saturated heterocycles. The van der Waals surface area contributed by atoms with Crippen LogP contribution in [0.2, 0.25) is 10.0 Å². The number of aromatic nitrogens is 2. The second kappa shape index (κ2) is 5.14. The van der Waals surface area contributed by atoms with Crippen molar-refractivity contribution in [3.8, 4) is 5.75 Å². The molecule has 0 saturated carbocycles. The fourth-order valence-corrected chi connectivity index (χ4v) is 2.37. The summed E-state index contributed by atoms with van der Waals surface area (Å²) in [5, 5.41) is 8.48. The maximum absolute atomic E-state index is 5.95. The minimum absolute atomic E-state index is 0.332. The van der Waals surface area contributed by atoms with Gasteiger partial charge in [-0.3, -0.25) is 5.10 Å². The van der Waals surface area contributed by atoms with Crippen LogP contribution in [0.3, 0.4) is 0 Å². The summed E-state index contributed by atoms with van der Waals surface area (Å²) in [7, 11) is 0. The maximum Gasteiger partial charge on any atom is 0.176 e. The Balaban J connectivity index is 2.07. The van der Waals surface area contributed by atoms with Gasteiger partial charge >= 0.3 is 0 Å². The van der Waals surface area contributed by atoms with Gasteiger partial charge in [0.05, 0.1) is 5.02 Å². The molecule has 0 unspecified atom stereocenters. The maximum atomic E-state index is 5.95. The molecule has 0 spiro atoms. The van der Waals surface area contributed by atoms with E-state index in [1.165, 1.54) is 11.3 Å². The molecule has 2 rings (SSSR count). The molecule has 16 heavy (non-hydrogen) atoms. The molecule has 0 fully saturated rings. The monoisotopic (exact) mass is 292 g/mol. The SMILES string of the molecule is S=c1[nH]nc(COc2ccc(Cl)cc2Cl)s1. The minimum atomic E-state index is 0.332. The molecule has 0 atom stereocenters. The van der Waals surface area contributed by atoms with Crippen LogP contribution in [-0.4, -0.2) is 10.2 Å². The second-order valence-electron chi connectivity index (χ2n) is 2.87. The Morgan fingerprint density at radius 3 is 2.88 bits per heavy atom. The molecule has 7 heteroatoms. The second-order valence-corrected chi connectivity index (χ2v) is 5.46. The highest BCUT2D eigenvalue weighted by Crippen LogP contribution is 2.28. The first-order chi connectivity index (χ1) is 7.65. The lowest BCUT2D eigenvalue weighted by Gasteiger charge is -2.05. The summed E-state index contributed by atoms with van der Waals surface area (Å²) in [6, 6.07) is 5.07. The minimum Gasteiger partial charge on any atom is -0.485 e. The molecule has 1 aromatic heterocycles. The number of nitrogens with one attached hydrogen (secondary N) is 1. The molecule has 84 valence electrons. The third-order valence-corrected chi connectivity index (χ3v) is 3.32. The Hall–Kier alpha value is -0.620. The average molecular weight is 293 g/mol. The zero-order chi connectivity index (χ0) is 11.5. The predicted octanol–water partition coefficient (Wildman–Crippen LogP) is 4.09. The average Bonchev–Trinajstić information content (AvgIpc) is 2.63. The van der Waals surface area contributed by atoms with Gasteiger partial charge in [-0.15, -0.1) is 0 Å². The van der Waals surface area contributed by atoms with Crippen molar-refractivity contribution in [2.24, 2.45) is 0 Å². The Labute approximate surface area is 111 Å². The highest BCUT2D eigenvalue weighted by molar-refractivity contribution is 7.73. The number of nitrogens with zero attached hydrogens (tertiary/aromatic N) is 1. The van der Waals surface area contributed by atoms with Crippen LogP contribution in [0.15, 0.2) is 18.2 Å². The third kappa shape index (κ3) is 2.95. The number of rotatable bonds is 3. The fourth-order valence-electron chi connectivity index (χ4n) is 1.05. The Bertz CT molecular complexity index is 552. The van der Waals surface area contributed by atoms with Gasteiger partial charge in [0, 0.05) is 5.02 Å². The lowest BCUT2D eigenvalue weighted by Crippen LogP contribution is -1.95. The third-order valence-electron chi connectivity index (χ3n) is 1.73. The molecule has 1 heterocycles. The van der Waals surface area contributed by atoms with Crippen molar-refractivity contribution in [2.45, 2.75) is 6.61 Å². The Kier molecular flexibility index (Phi) is 3.81. The number of ether oxygens (including phenoxy) is 1. The molecule has 0 amide bonds. The first-order valence-corrected chi connectivity index (χ1v) is 6.25. The summed E-state index contributed by atoms with van der Waals surface area (Å²) in [6.45, 7) is 0.332. The molecular formula is C9H6Cl2N2OS2. The summed E-state index contributed by atoms with van der Waals surface area (Å²) in [5.74, 6) is 0.576. The number of hydrogen-bond acceptors (Lipinski definition) is 4. The van der Waals surface area contributed by atoms with Crippen LogP contribution >= 0.6 is 46.8 Å². The van der Waals surface area contributed by atoms with Crippen molar-refractivity contribution in [1.29, 1.82) is 0 Å². The Morgan fingerprint density at radius 1 is 1.44 bits per heavy atom. The van der Waals surface area contributed by atoms with Crippen LogP contribution in [0.1, 0.15) is 5.01 Å². The van der Waals surface area contributed by atoms with Gasteiger partial charge in [-0.05, 0) is 30.4 Å². The van der Waals surface area contributed by atoms with Crippen molar-refractivity contribution in [2.75, 3.05) is 0 Å². The molecule has 0 bridgehead atoms. The summed E-state index contributed by atoms with van der Waals surface area (Å²) in [5.41, 5.74) is 0. The van der Waals surface area contributed by atoms with Gasteiger partial charge in [-0.25, -0.2) is 0 Å². The van der Waals surface area contributed by atoms with Crippen molar-refractivity contribution in [3.05, 3.63) is 37.2 Å². The largest absolute Gasteiger partial charge is 0.485 e. The van der Waals surface area contributed by atoms with E-state index in [4.69, 9.17) is 40.2 Å². The number of benzene rings is 1. The van der Waals surface area contributed by atoms with E-state index >= 15 is 0 Å². The van der Waals surface area contributed by atoms with Crippen LogP contribution in [-0.2, 0) is 6.61 Å². The number of H-pyrrole nitrogens is 1. The summed E-state index contributed by atoms with van der Waals surface area (Å²) in [6.07, 6.45) is 0. The normalized spacial score (nSPS) is 10.4. The molecule has 0 aliphatic heterocycles. The van der Waals surface area contributed by atoms with Crippen LogP contribution in [0.25, 0.3) is 0 Å². The van der Waals surface area contributed by atoms with Crippen molar-refractivity contribution in [1.82, 2.24) is 10.2 Å². The molecule has 3 nitrogen and oxygen atoms in total. The lowest BCUT2D eigenvalue weighted by molar-refractivity contribution is 0.305. The fraction of sp³-hybridized carbons (Fsp3) is 0.111. The quantitative estimate of drug-likeness (QED) is 0.866. The van der Waals surface area contributed by atoms with Gasteiger partial charge in [0.25, 0.3) is 0 Å². The molecule has 1 aromatic carbocycles. The van der Waals surface area contributed by atoms with Crippen LogP contribution in [0, 0.1) is 3.95 Å². The van der Waals surface area contributed by atoms with Gasteiger partial charge in [0.15, 0.2) is 8.96 Å². The van der Waals surface area contributed by atoms with Crippen molar-refractivity contribution in [3.63, 3.8) is 0 Å². The highest BCUT2D eigenvalue weighted by atomic mass is 35.5. The molecule has 0 aliphatic rings. The first kappa shape index (κ1) is 11.9. The standard InChI is InChI=1S/C9H6Cl2N2OS2/c10-5-1-2-7(6(11)3-5)14-4-8-12-13-9(15)16-8/h1-3H,4H2,(H,13,15). The van der Waals surface area contributed by atoms with Crippen molar-refractivity contribution >= 4 is 46.8 Å². The molecule has 0 aliphatic carbocycles. The predicted molar refractivity (Wildman–Crippen MR) is 68.1 cm³/mol. The van der Waals surface area contributed by atoms with E-state index in [1.54, 1.807) is 18.2 Å². The van der Waals surface area contributed by atoms with Crippen LogP contribution < -0.4 is 4.74 Å². The van der Waals surface area contributed by atoms with Crippen LogP contribution in [0.4, 0.5) is 0 Å². The zero-order valence-electron chi connectivity index (χ0n) is 7.87. The van der Waals surface area contributed by atoms with Gasteiger partial charge in [0.1, 0.15) is 12.4 Å². The van der Waals surface area contributed by atoms with Gasteiger partial charge < -0.3 is 4.74 Å². The summed E-state index contributed by atoms with van der Waals surface area (Å²) >= 11 is 18.0. The van der Waals surface area contributed by atoms with Crippen LogP contribution in [0.5, 0.6) is 5.75 Å². The Morgan fingerprint density at radius 2 is 2.25 bits per heavy atom. The van der Waals surface area contributed by atoms with E-state index in [2.05, 4.69) is 10.2 Å². The van der Waals surface area contributed by atoms with Crippen molar-refractivity contribution < 1.29 is 4.74 Å². The summed E-state index contributed by atoms with van der Waals surface area (Å²) < 4.78 is 6.11. The first-order valence-electron chi connectivity index (χ1n) is 4.27. The zero-order valence-corrected chi connectivity index (χ0v) is 11.0. The molecule has 0 radical (unpaired) electrons. The van der Waals surface area contributed by atoms with Gasteiger partial charge in [-0.1, -0.05) is 34.5 Å². The molecule has 1 N–H and O–H groups in total. The molecule has 2 aromatic rings. The highest BCUT2D eigenvalue weighted by Gasteiger charge is 2.04. The van der Waals surface area contributed by atoms with E-state index in [0.29, 0.717) is 26.4 Å².